The SMILES string of the molecule is CC1CC(n2ccc([N+](=O)[O-])c2)OC1CO. The minimum Gasteiger partial charge on any atom is -0.394 e. The van der Waals surface area contributed by atoms with Crippen LogP contribution in [0.2, 0.25) is 0 Å². The van der Waals surface area contributed by atoms with Crippen molar-refractivity contribution in [1.82, 2.24) is 4.57 Å². The van der Waals surface area contributed by atoms with Gasteiger partial charge in [-0.15, -0.1) is 0 Å². The predicted molar refractivity (Wildman–Crippen MR) is 55.9 cm³/mol. The van der Waals surface area contributed by atoms with Gasteiger partial charge in [0.05, 0.1) is 23.8 Å². The molecule has 88 valence electrons. The summed E-state index contributed by atoms with van der Waals surface area (Å²) in [6.45, 7) is 1.99. The number of aliphatic hydroxyl groups excluding tert-OH is 1. The molecule has 1 fully saturated rings. The summed E-state index contributed by atoms with van der Waals surface area (Å²) < 4.78 is 7.28. The van der Waals surface area contributed by atoms with Crippen LogP contribution in [0.5, 0.6) is 0 Å². The zero-order valence-corrected chi connectivity index (χ0v) is 8.94. The maximum Gasteiger partial charge on any atom is 0.286 e. The van der Waals surface area contributed by atoms with Crippen LogP contribution in [0.15, 0.2) is 18.5 Å². The van der Waals surface area contributed by atoms with E-state index in [0.717, 1.165) is 6.42 Å². The third-order valence-electron chi connectivity index (χ3n) is 2.96. The van der Waals surface area contributed by atoms with Gasteiger partial charge >= 0.3 is 0 Å². The van der Waals surface area contributed by atoms with Crippen molar-refractivity contribution >= 4 is 5.69 Å². The molecule has 1 aliphatic rings. The Labute approximate surface area is 92.6 Å². The Morgan fingerprint density at radius 2 is 2.50 bits per heavy atom. The largest absolute Gasteiger partial charge is 0.394 e. The van der Waals surface area contributed by atoms with Gasteiger partial charge in [-0.2, -0.15) is 0 Å². The van der Waals surface area contributed by atoms with Crippen LogP contribution in [0.4, 0.5) is 5.69 Å². The van der Waals surface area contributed by atoms with Crippen molar-refractivity contribution in [1.29, 1.82) is 0 Å². The van der Waals surface area contributed by atoms with Gasteiger partial charge < -0.3 is 14.4 Å². The highest BCUT2D eigenvalue weighted by Gasteiger charge is 2.32. The van der Waals surface area contributed by atoms with Gasteiger partial charge in [0.15, 0.2) is 0 Å². The summed E-state index contributed by atoms with van der Waals surface area (Å²) in [5.74, 6) is 0.261. The Hall–Kier alpha value is -1.40. The molecule has 0 aliphatic carbocycles. The van der Waals surface area contributed by atoms with Gasteiger partial charge in [0, 0.05) is 12.3 Å². The number of hydrogen-bond acceptors (Lipinski definition) is 4. The summed E-state index contributed by atoms with van der Waals surface area (Å²) >= 11 is 0. The Morgan fingerprint density at radius 3 is 3.00 bits per heavy atom. The van der Waals surface area contributed by atoms with Gasteiger partial charge in [-0.25, -0.2) is 0 Å². The molecule has 0 aromatic carbocycles. The molecule has 3 unspecified atom stereocenters. The van der Waals surface area contributed by atoms with E-state index in [1.165, 1.54) is 12.3 Å². The molecule has 1 aliphatic heterocycles. The third-order valence-corrected chi connectivity index (χ3v) is 2.96. The van der Waals surface area contributed by atoms with Crippen molar-refractivity contribution in [3.63, 3.8) is 0 Å². The molecule has 6 nitrogen and oxygen atoms in total. The minimum atomic E-state index is -0.432. The standard InChI is InChI=1S/C10H14N2O4/c1-7-4-10(16-9(7)6-13)11-3-2-8(5-11)12(14)15/h2-3,5,7,9-10,13H,4,6H2,1H3. The molecule has 1 aromatic rings. The lowest BCUT2D eigenvalue weighted by molar-refractivity contribution is -0.384. The summed E-state index contributed by atoms with van der Waals surface area (Å²) in [5, 5.41) is 19.6. The lowest BCUT2D eigenvalue weighted by atomic mass is 10.0. The second-order valence-corrected chi connectivity index (χ2v) is 4.10. The van der Waals surface area contributed by atoms with E-state index < -0.39 is 4.92 Å². The summed E-state index contributed by atoms with van der Waals surface area (Å²) in [4.78, 5) is 10.1. The molecule has 0 saturated carbocycles. The smallest absolute Gasteiger partial charge is 0.286 e. The summed E-state index contributed by atoms with van der Waals surface area (Å²) in [6.07, 6.45) is 3.47. The second kappa shape index (κ2) is 4.23. The molecule has 16 heavy (non-hydrogen) atoms. The highest BCUT2D eigenvalue weighted by molar-refractivity contribution is 5.26. The Balaban J connectivity index is 2.11. The molecule has 1 saturated heterocycles. The van der Waals surface area contributed by atoms with Crippen LogP contribution >= 0.6 is 0 Å². The minimum absolute atomic E-state index is 0.0129. The number of aromatic nitrogens is 1. The molecule has 6 heteroatoms. The van der Waals surface area contributed by atoms with Gasteiger partial charge in [-0.3, -0.25) is 10.1 Å². The highest BCUT2D eigenvalue weighted by Crippen LogP contribution is 2.33. The number of ether oxygens (including phenoxy) is 1. The number of aliphatic hydroxyl groups is 1. The summed E-state index contributed by atoms with van der Waals surface area (Å²) in [6, 6.07) is 1.44. The van der Waals surface area contributed by atoms with Crippen molar-refractivity contribution in [2.24, 2.45) is 5.92 Å². The zero-order chi connectivity index (χ0) is 11.7. The van der Waals surface area contributed by atoms with Crippen molar-refractivity contribution in [2.75, 3.05) is 6.61 Å². The summed E-state index contributed by atoms with van der Waals surface area (Å²) in [7, 11) is 0. The average Bonchev–Trinajstić information content (AvgIpc) is 2.83. The molecule has 0 bridgehead atoms. The van der Waals surface area contributed by atoms with E-state index in [-0.39, 0.29) is 30.5 Å². The first kappa shape index (κ1) is 11.1. The van der Waals surface area contributed by atoms with Crippen molar-refractivity contribution in [2.45, 2.75) is 25.7 Å². The van der Waals surface area contributed by atoms with Crippen molar-refractivity contribution in [3.8, 4) is 0 Å². The fourth-order valence-corrected chi connectivity index (χ4v) is 1.96. The molecular weight excluding hydrogens is 212 g/mol. The second-order valence-electron chi connectivity index (χ2n) is 4.10. The molecule has 2 rings (SSSR count). The van der Waals surface area contributed by atoms with Crippen LogP contribution in [0, 0.1) is 16.0 Å². The van der Waals surface area contributed by atoms with Gasteiger partial charge in [0.25, 0.3) is 5.69 Å². The molecular formula is C10H14N2O4. The fourth-order valence-electron chi connectivity index (χ4n) is 1.96. The molecule has 0 amide bonds. The maximum absolute atomic E-state index is 10.5. The van der Waals surface area contributed by atoms with Crippen LogP contribution in [0.25, 0.3) is 0 Å². The van der Waals surface area contributed by atoms with E-state index in [1.807, 2.05) is 6.92 Å². The van der Waals surface area contributed by atoms with E-state index >= 15 is 0 Å². The monoisotopic (exact) mass is 226 g/mol. The van der Waals surface area contributed by atoms with Gasteiger partial charge in [0.2, 0.25) is 0 Å². The van der Waals surface area contributed by atoms with Crippen LogP contribution < -0.4 is 0 Å². The average molecular weight is 226 g/mol. The summed E-state index contributed by atoms with van der Waals surface area (Å²) in [5.41, 5.74) is 0.0590. The van der Waals surface area contributed by atoms with Gasteiger partial charge in [0.1, 0.15) is 6.23 Å². The predicted octanol–water partition coefficient (Wildman–Crippen LogP) is 1.31. The van der Waals surface area contributed by atoms with E-state index in [4.69, 9.17) is 9.84 Å². The Bertz CT molecular complexity index is 390. The molecule has 1 aromatic heterocycles. The van der Waals surface area contributed by atoms with Gasteiger partial charge in [-0.1, -0.05) is 6.92 Å². The van der Waals surface area contributed by atoms with Gasteiger partial charge in [-0.05, 0) is 12.3 Å². The zero-order valence-electron chi connectivity index (χ0n) is 8.94. The normalized spacial score (nSPS) is 29.5. The third kappa shape index (κ3) is 1.94. The fraction of sp³-hybridized carbons (Fsp3) is 0.600. The first-order valence-electron chi connectivity index (χ1n) is 5.20. The number of rotatable bonds is 3. The van der Waals surface area contributed by atoms with Crippen molar-refractivity contribution in [3.05, 3.63) is 28.6 Å². The van der Waals surface area contributed by atoms with Crippen LogP contribution in [0.3, 0.4) is 0 Å². The molecule has 1 N–H and O–H groups in total. The van der Waals surface area contributed by atoms with E-state index in [9.17, 15) is 10.1 Å². The first-order valence-corrected chi connectivity index (χ1v) is 5.20. The quantitative estimate of drug-likeness (QED) is 0.622. The lowest BCUT2D eigenvalue weighted by Crippen LogP contribution is -2.18. The number of hydrogen-bond donors (Lipinski definition) is 1. The van der Waals surface area contributed by atoms with E-state index in [2.05, 4.69) is 0 Å². The van der Waals surface area contributed by atoms with Crippen LogP contribution in [0.1, 0.15) is 19.6 Å². The highest BCUT2D eigenvalue weighted by atomic mass is 16.6. The maximum atomic E-state index is 10.5. The topological polar surface area (TPSA) is 77.5 Å². The van der Waals surface area contributed by atoms with E-state index in [1.54, 1.807) is 10.8 Å². The lowest BCUT2D eigenvalue weighted by Gasteiger charge is -2.13. The van der Waals surface area contributed by atoms with Crippen molar-refractivity contribution < 1.29 is 14.8 Å². The van der Waals surface area contributed by atoms with Crippen LogP contribution in [-0.2, 0) is 4.74 Å². The number of nitrogens with zero attached hydrogens (tertiary/aromatic N) is 2. The molecule has 2 heterocycles. The molecule has 0 spiro atoms. The first-order chi connectivity index (χ1) is 7.61. The number of nitro groups is 1. The molecule has 0 radical (unpaired) electrons. The van der Waals surface area contributed by atoms with E-state index in [0.29, 0.717) is 0 Å². The Morgan fingerprint density at radius 1 is 1.75 bits per heavy atom. The Kier molecular flexibility index (Phi) is 2.93. The van der Waals surface area contributed by atoms with Crippen LogP contribution in [-0.4, -0.2) is 27.3 Å². The molecule has 3 atom stereocenters.